The molecule has 1 atom stereocenters. The number of rotatable bonds is 6. The molecule has 2 aliphatic rings. The zero-order chi connectivity index (χ0) is 23.7. The van der Waals surface area contributed by atoms with Crippen LogP contribution < -0.4 is 10.6 Å². The van der Waals surface area contributed by atoms with Gasteiger partial charge in [-0.05, 0) is 35.1 Å². The zero-order valence-electron chi connectivity index (χ0n) is 18.0. The highest BCUT2D eigenvalue weighted by molar-refractivity contribution is 7.17. The first-order valence-electron chi connectivity index (χ1n) is 10.8. The molecule has 3 aromatic rings. The molecule has 2 aliphatic carbocycles. The summed E-state index contributed by atoms with van der Waals surface area (Å²) >= 11 is 1.03. The maximum atomic E-state index is 12.5. The lowest BCUT2D eigenvalue weighted by Gasteiger charge is -2.14. The number of hydrogen-bond acceptors (Lipinski definition) is 6. The second kappa shape index (κ2) is 9.11. The summed E-state index contributed by atoms with van der Waals surface area (Å²) in [5.41, 5.74) is 4.84. The van der Waals surface area contributed by atoms with Crippen molar-refractivity contribution in [3.8, 4) is 11.1 Å². The highest BCUT2D eigenvalue weighted by Gasteiger charge is 2.29. The maximum absolute atomic E-state index is 12.5. The fourth-order valence-corrected chi connectivity index (χ4v) is 5.12. The van der Waals surface area contributed by atoms with Crippen LogP contribution in [0.25, 0.3) is 11.1 Å². The lowest BCUT2D eigenvalue weighted by atomic mass is 9.98. The molecule has 1 aromatic heterocycles. The number of carboxylic acid groups (broad SMARTS) is 1. The van der Waals surface area contributed by atoms with Crippen LogP contribution in [0.5, 0.6) is 0 Å². The molecule has 5 rings (SSSR count). The number of carbonyl (C=O) groups is 3. The van der Waals surface area contributed by atoms with Crippen molar-refractivity contribution >= 4 is 34.4 Å². The summed E-state index contributed by atoms with van der Waals surface area (Å²) in [6, 6.07) is 15.9. The number of benzene rings is 2. The van der Waals surface area contributed by atoms with Gasteiger partial charge in [0.2, 0.25) is 0 Å². The van der Waals surface area contributed by atoms with Gasteiger partial charge in [-0.1, -0.05) is 65.9 Å². The maximum Gasteiger partial charge on any atom is 0.413 e. The second-order valence-corrected chi connectivity index (χ2v) is 9.16. The van der Waals surface area contributed by atoms with E-state index in [-0.39, 0.29) is 36.0 Å². The van der Waals surface area contributed by atoms with Crippen LogP contribution in [0.3, 0.4) is 0 Å². The van der Waals surface area contributed by atoms with Gasteiger partial charge in [-0.25, -0.2) is 14.6 Å². The van der Waals surface area contributed by atoms with E-state index >= 15 is 0 Å². The number of carbonyl (C=O) groups excluding carboxylic acids is 2. The molecule has 3 N–H and O–H groups in total. The van der Waals surface area contributed by atoms with E-state index < -0.39 is 12.1 Å². The van der Waals surface area contributed by atoms with Crippen molar-refractivity contribution < 1.29 is 24.2 Å². The number of anilines is 1. The van der Waals surface area contributed by atoms with E-state index in [1.807, 2.05) is 36.4 Å². The second-order valence-electron chi connectivity index (χ2n) is 8.12. The molecule has 172 valence electrons. The predicted molar refractivity (Wildman–Crippen MR) is 127 cm³/mol. The normalized spacial score (nSPS) is 16.4. The van der Waals surface area contributed by atoms with Gasteiger partial charge in [0.05, 0.1) is 6.20 Å². The molecular formula is C25H21N3O5S. The minimum Gasteiger partial charge on any atom is -0.478 e. The van der Waals surface area contributed by atoms with Crippen molar-refractivity contribution in [2.45, 2.75) is 24.8 Å². The summed E-state index contributed by atoms with van der Waals surface area (Å²) in [5, 5.41) is 14.7. The summed E-state index contributed by atoms with van der Waals surface area (Å²) in [4.78, 5) is 40.3. The van der Waals surface area contributed by atoms with Gasteiger partial charge in [0.25, 0.3) is 5.91 Å². The smallest absolute Gasteiger partial charge is 0.413 e. The predicted octanol–water partition coefficient (Wildman–Crippen LogP) is 4.41. The van der Waals surface area contributed by atoms with Crippen molar-refractivity contribution in [3.63, 3.8) is 0 Å². The SMILES string of the molecule is O=C(Nc1ncc(C(=O)NC2CC=C(C(=O)O)C2)s1)OCC1c2ccccc2-c2ccccc21. The topological polar surface area (TPSA) is 118 Å². The lowest BCUT2D eigenvalue weighted by molar-refractivity contribution is -0.132. The molecule has 1 heterocycles. The first-order chi connectivity index (χ1) is 16.5. The number of thiazole rings is 1. The third kappa shape index (κ3) is 4.29. The van der Waals surface area contributed by atoms with Crippen LogP contribution >= 0.6 is 11.3 Å². The first kappa shape index (κ1) is 21.8. The van der Waals surface area contributed by atoms with Crippen LogP contribution in [0.4, 0.5) is 9.93 Å². The van der Waals surface area contributed by atoms with E-state index in [1.165, 1.54) is 6.20 Å². The molecule has 0 aliphatic heterocycles. The van der Waals surface area contributed by atoms with Crippen molar-refractivity contribution in [3.05, 3.63) is 82.4 Å². The number of carboxylic acids is 1. The third-order valence-electron chi connectivity index (χ3n) is 6.01. The van der Waals surface area contributed by atoms with Crippen LogP contribution in [0, 0.1) is 0 Å². The van der Waals surface area contributed by atoms with Crippen LogP contribution in [-0.2, 0) is 9.53 Å². The number of nitrogens with one attached hydrogen (secondary N) is 2. The third-order valence-corrected chi connectivity index (χ3v) is 6.92. The summed E-state index contributed by atoms with van der Waals surface area (Å²) in [7, 11) is 0. The van der Waals surface area contributed by atoms with Crippen LogP contribution in [0.15, 0.2) is 66.4 Å². The van der Waals surface area contributed by atoms with E-state index in [1.54, 1.807) is 6.08 Å². The summed E-state index contributed by atoms with van der Waals surface area (Å²) in [6.07, 6.45) is 3.10. The van der Waals surface area contributed by atoms with E-state index in [2.05, 4.69) is 27.8 Å². The van der Waals surface area contributed by atoms with Gasteiger partial charge in [-0.2, -0.15) is 0 Å². The number of aromatic nitrogens is 1. The molecule has 2 amide bonds. The van der Waals surface area contributed by atoms with Crippen molar-refractivity contribution in [2.24, 2.45) is 0 Å². The number of ether oxygens (including phenoxy) is 1. The molecule has 0 spiro atoms. The summed E-state index contributed by atoms with van der Waals surface area (Å²) < 4.78 is 5.51. The number of amides is 2. The molecule has 2 aromatic carbocycles. The largest absolute Gasteiger partial charge is 0.478 e. The molecular weight excluding hydrogens is 454 g/mol. The number of hydrogen-bond donors (Lipinski definition) is 3. The molecule has 34 heavy (non-hydrogen) atoms. The quantitative estimate of drug-likeness (QED) is 0.486. The Morgan fingerprint density at radius 2 is 1.74 bits per heavy atom. The average Bonchev–Trinajstić information content (AvgIpc) is 3.56. The Balaban J connectivity index is 1.17. The van der Waals surface area contributed by atoms with E-state index in [0.717, 1.165) is 33.6 Å². The molecule has 0 saturated carbocycles. The van der Waals surface area contributed by atoms with Crippen molar-refractivity contribution in [2.75, 3.05) is 11.9 Å². The molecule has 0 saturated heterocycles. The highest BCUT2D eigenvalue weighted by Crippen LogP contribution is 2.44. The van der Waals surface area contributed by atoms with Crippen LogP contribution in [0.2, 0.25) is 0 Å². The van der Waals surface area contributed by atoms with Gasteiger partial charge < -0.3 is 15.2 Å². The van der Waals surface area contributed by atoms with Crippen LogP contribution in [0.1, 0.15) is 39.6 Å². The fourth-order valence-electron chi connectivity index (χ4n) is 4.42. The Labute approximate surface area is 199 Å². The van der Waals surface area contributed by atoms with Gasteiger partial charge >= 0.3 is 12.1 Å². The fraction of sp³-hybridized carbons (Fsp3) is 0.200. The average molecular weight is 476 g/mol. The van der Waals surface area contributed by atoms with Crippen LogP contribution in [-0.4, -0.2) is 40.7 Å². The minimum absolute atomic E-state index is 0.0495. The van der Waals surface area contributed by atoms with Crippen molar-refractivity contribution in [1.82, 2.24) is 10.3 Å². The molecule has 8 nitrogen and oxygen atoms in total. The molecule has 0 bridgehead atoms. The Kier molecular flexibility index (Phi) is 5.85. The van der Waals surface area contributed by atoms with Gasteiger partial charge in [-0.3, -0.25) is 10.1 Å². The molecule has 0 radical (unpaired) electrons. The van der Waals surface area contributed by atoms with Gasteiger partial charge in [0.1, 0.15) is 11.5 Å². The van der Waals surface area contributed by atoms with E-state index in [9.17, 15) is 14.4 Å². The Morgan fingerprint density at radius 3 is 2.38 bits per heavy atom. The van der Waals surface area contributed by atoms with Gasteiger partial charge in [0, 0.05) is 17.5 Å². The monoisotopic (exact) mass is 475 g/mol. The van der Waals surface area contributed by atoms with Gasteiger partial charge in [0.15, 0.2) is 5.13 Å². The lowest BCUT2D eigenvalue weighted by Crippen LogP contribution is -2.32. The van der Waals surface area contributed by atoms with E-state index in [4.69, 9.17) is 9.84 Å². The summed E-state index contributed by atoms with van der Waals surface area (Å²) in [6.45, 7) is 0.180. The molecule has 1 unspecified atom stereocenters. The standard InChI is InChI=1S/C25H21N3O5S/c29-22(27-15-10-9-14(11-15)23(30)31)21-12-26-24(34-21)28-25(32)33-13-20-18-7-3-1-5-16(18)17-6-2-4-8-19(17)20/h1-9,12,15,20H,10-11,13H2,(H,27,29)(H,30,31)(H,26,28,32). The number of fused-ring (bicyclic) bond motifs is 3. The van der Waals surface area contributed by atoms with Gasteiger partial charge in [-0.15, -0.1) is 0 Å². The zero-order valence-corrected chi connectivity index (χ0v) is 18.8. The summed E-state index contributed by atoms with van der Waals surface area (Å²) in [5.74, 6) is -1.38. The first-order valence-corrected chi connectivity index (χ1v) is 11.6. The van der Waals surface area contributed by atoms with E-state index in [0.29, 0.717) is 16.9 Å². The molecule has 0 fully saturated rings. The Bertz CT molecular complexity index is 1270. The van der Waals surface area contributed by atoms with Crippen molar-refractivity contribution in [1.29, 1.82) is 0 Å². The molecule has 9 heteroatoms. The number of aliphatic carboxylic acids is 1. The number of nitrogens with zero attached hydrogens (tertiary/aromatic N) is 1. The Hall–Kier alpha value is -3.98. The Morgan fingerprint density at radius 1 is 1.06 bits per heavy atom. The highest BCUT2D eigenvalue weighted by atomic mass is 32.1. The minimum atomic E-state index is -0.968.